The fourth-order valence-electron chi connectivity index (χ4n) is 3.22. The molecule has 1 aromatic carbocycles. The van der Waals surface area contributed by atoms with E-state index >= 15 is 0 Å². The van der Waals surface area contributed by atoms with Crippen LogP contribution in [0, 0.1) is 0 Å². The molecule has 2 amide bonds. The van der Waals surface area contributed by atoms with Gasteiger partial charge in [-0.25, -0.2) is 4.79 Å². The van der Waals surface area contributed by atoms with Gasteiger partial charge in [-0.1, -0.05) is 19.3 Å². The van der Waals surface area contributed by atoms with E-state index in [9.17, 15) is 4.79 Å². The molecule has 2 N–H and O–H groups in total. The van der Waals surface area contributed by atoms with Gasteiger partial charge in [-0.15, -0.1) is 5.10 Å². The van der Waals surface area contributed by atoms with E-state index in [1.54, 1.807) is 4.68 Å². The van der Waals surface area contributed by atoms with Gasteiger partial charge < -0.3 is 15.4 Å². The van der Waals surface area contributed by atoms with Crippen molar-refractivity contribution in [2.24, 2.45) is 7.05 Å². The average molecular weight is 330 g/mol. The van der Waals surface area contributed by atoms with Crippen LogP contribution in [0.1, 0.15) is 46.0 Å². The van der Waals surface area contributed by atoms with Crippen molar-refractivity contribution in [2.45, 2.75) is 58.1 Å². The predicted molar refractivity (Wildman–Crippen MR) is 95.5 cm³/mol. The molecule has 3 rings (SSSR count). The number of carbonyl (C=O) groups excluding carboxylic acids is 1. The quantitative estimate of drug-likeness (QED) is 0.895. The van der Waals surface area contributed by atoms with Crippen molar-refractivity contribution < 1.29 is 9.53 Å². The third kappa shape index (κ3) is 3.80. The Morgan fingerprint density at radius 3 is 2.75 bits per heavy atom. The van der Waals surface area contributed by atoms with Crippen LogP contribution in [-0.4, -0.2) is 28.0 Å². The number of benzene rings is 1. The first-order chi connectivity index (χ1) is 11.5. The van der Waals surface area contributed by atoms with Crippen LogP contribution >= 0.6 is 0 Å². The number of ether oxygens (including phenoxy) is 1. The van der Waals surface area contributed by atoms with E-state index in [4.69, 9.17) is 4.74 Å². The maximum absolute atomic E-state index is 12.2. The third-order valence-corrected chi connectivity index (χ3v) is 4.36. The van der Waals surface area contributed by atoms with E-state index in [1.165, 1.54) is 19.3 Å². The molecule has 0 bridgehead atoms. The lowest BCUT2D eigenvalue weighted by Gasteiger charge is -2.22. The van der Waals surface area contributed by atoms with E-state index in [1.807, 2.05) is 39.1 Å². The summed E-state index contributed by atoms with van der Waals surface area (Å²) in [5.74, 6) is 0.596. The number of amides is 2. The molecule has 24 heavy (non-hydrogen) atoms. The Kier molecular flexibility index (Phi) is 4.92. The van der Waals surface area contributed by atoms with Gasteiger partial charge in [0.15, 0.2) is 0 Å². The van der Waals surface area contributed by atoms with Crippen LogP contribution in [0.4, 0.5) is 10.5 Å². The summed E-state index contributed by atoms with van der Waals surface area (Å²) >= 11 is 0. The Hall–Kier alpha value is -2.24. The molecule has 1 fully saturated rings. The van der Waals surface area contributed by atoms with Crippen molar-refractivity contribution in [3.63, 3.8) is 0 Å². The second-order valence-corrected chi connectivity index (χ2v) is 6.76. The lowest BCUT2D eigenvalue weighted by Crippen LogP contribution is -2.38. The molecule has 0 atom stereocenters. The summed E-state index contributed by atoms with van der Waals surface area (Å²) in [4.78, 5) is 12.2. The zero-order valence-corrected chi connectivity index (χ0v) is 14.6. The summed E-state index contributed by atoms with van der Waals surface area (Å²) in [5.41, 5.74) is 1.72. The number of nitrogens with one attached hydrogen (secondary N) is 2. The molecular formula is C18H26N4O2. The van der Waals surface area contributed by atoms with Crippen molar-refractivity contribution in [1.29, 1.82) is 0 Å². The number of aromatic nitrogens is 2. The van der Waals surface area contributed by atoms with Crippen molar-refractivity contribution in [3.8, 4) is 5.88 Å². The first-order valence-corrected chi connectivity index (χ1v) is 8.74. The van der Waals surface area contributed by atoms with E-state index in [-0.39, 0.29) is 12.1 Å². The molecule has 1 saturated carbocycles. The van der Waals surface area contributed by atoms with Gasteiger partial charge >= 0.3 is 6.03 Å². The van der Waals surface area contributed by atoms with Crippen molar-refractivity contribution in [3.05, 3.63) is 18.2 Å². The van der Waals surface area contributed by atoms with Gasteiger partial charge in [0, 0.05) is 18.8 Å². The number of urea groups is 1. The maximum Gasteiger partial charge on any atom is 0.319 e. The predicted octanol–water partition coefficient (Wildman–Crippen LogP) is 3.81. The highest BCUT2D eigenvalue weighted by atomic mass is 16.5. The first-order valence-electron chi connectivity index (χ1n) is 8.74. The summed E-state index contributed by atoms with van der Waals surface area (Å²) in [6.45, 7) is 3.94. The van der Waals surface area contributed by atoms with Gasteiger partial charge in [0.1, 0.15) is 0 Å². The number of hydrogen-bond donors (Lipinski definition) is 2. The summed E-state index contributed by atoms with van der Waals surface area (Å²) < 4.78 is 7.56. The fourth-order valence-corrected chi connectivity index (χ4v) is 3.22. The number of anilines is 1. The molecule has 0 radical (unpaired) electrons. The van der Waals surface area contributed by atoms with Crippen LogP contribution in [0.3, 0.4) is 0 Å². The third-order valence-electron chi connectivity index (χ3n) is 4.36. The van der Waals surface area contributed by atoms with Crippen LogP contribution in [0.15, 0.2) is 18.2 Å². The van der Waals surface area contributed by atoms with E-state index in [0.717, 1.165) is 29.4 Å². The van der Waals surface area contributed by atoms with Gasteiger partial charge in [0.2, 0.25) is 5.88 Å². The second-order valence-electron chi connectivity index (χ2n) is 6.76. The van der Waals surface area contributed by atoms with Crippen molar-refractivity contribution in [2.75, 3.05) is 5.32 Å². The van der Waals surface area contributed by atoms with E-state index < -0.39 is 0 Å². The second kappa shape index (κ2) is 7.11. The lowest BCUT2D eigenvalue weighted by atomic mass is 9.96. The van der Waals surface area contributed by atoms with Crippen LogP contribution in [-0.2, 0) is 7.05 Å². The zero-order chi connectivity index (χ0) is 17.1. The zero-order valence-electron chi connectivity index (χ0n) is 14.6. The Labute approximate surface area is 142 Å². The van der Waals surface area contributed by atoms with Crippen molar-refractivity contribution >= 4 is 22.6 Å². The molecule has 1 heterocycles. The molecule has 1 aromatic heterocycles. The van der Waals surface area contributed by atoms with Crippen molar-refractivity contribution in [1.82, 2.24) is 15.1 Å². The minimum atomic E-state index is -0.142. The van der Waals surface area contributed by atoms with Gasteiger partial charge in [0.05, 0.1) is 17.0 Å². The first kappa shape index (κ1) is 16.6. The standard InChI is InChI=1S/C18H26N4O2/c1-12(2)24-17-15-11-14(9-10-16(15)22(3)21-17)20-18(23)19-13-7-5-4-6-8-13/h9-13H,4-8H2,1-3H3,(H2,19,20,23). The minimum Gasteiger partial charge on any atom is -0.473 e. The number of carbonyl (C=O) groups is 1. The van der Waals surface area contributed by atoms with Crippen LogP contribution < -0.4 is 15.4 Å². The van der Waals surface area contributed by atoms with Crippen LogP contribution in [0.25, 0.3) is 10.9 Å². The Morgan fingerprint density at radius 1 is 1.29 bits per heavy atom. The Bertz CT molecular complexity index is 717. The molecule has 0 unspecified atom stereocenters. The van der Waals surface area contributed by atoms with Gasteiger partial charge in [-0.2, -0.15) is 0 Å². The summed E-state index contributed by atoms with van der Waals surface area (Å²) in [6, 6.07) is 5.91. The number of aryl methyl sites for hydroxylation is 1. The highest BCUT2D eigenvalue weighted by Crippen LogP contribution is 2.28. The average Bonchev–Trinajstić information content (AvgIpc) is 2.83. The highest BCUT2D eigenvalue weighted by Gasteiger charge is 2.16. The molecule has 0 saturated heterocycles. The Balaban J connectivity index is 1.73. The monoisotopic (exact) mass is 330 g/mol. The normalized spacial score (nSPS) is 15.7. The molecule has 1 aliphatic carbocycles. The molecule has 2 aromatic rings. The molecule has 130 valence electrons. The molecular weight excluding hydrogens is 304 g/mol. The summed E-state index contributed by atoms with van der Waals surface area (Å²) in [7, 11) is 1.89. The number of fused-ring (bicyclic) bond motifs is 1. The van der Waals surface area contributed by atoms with E-state index in [2.05, 4.69) is 15.7 Å². The highest BCUT2D eigenvalue weighted by molar-refractivity contribution is 5.94. The largest absolute Gasteiger partial charge is 0.473 e. The summed E-state index contributed by atoms with van der Waals surface area (Å²) in [6.07, 6.45) is 5.86. The van der Waals surface area contributed by atoms with Gasteiger partial charge in [-0.05, 0) is 44.9 Å². The molecule has 1 aliphatic rings. The molecule has 6 heteroatoms. The van der Waals surface area contributed by atoms with E-state index in [0.29, 0.717) is 11.9 Å². The SMILES string of the molecule is CC(C)Oc1nn(C)c2ccc(NC(=O)NC3CCCCC3)cc12. The van der Waals surface area contributed by atoms with Crippen LogP contribution in [0.2, 0.25) is 0 Å². The Morgan fingerprint density at radius 2 is 2.04 bits per heavy atom. The maximum atomic E-state index is 12.2. The number of nitrogens with zero attached hydrogens (tertiary/aromatic N) is 2. The summed E-state index contributed by atoms with van der Waals surface area (Å²) in [5, 5.41) is 11.3. The molecule has 0 aliphatic heterocycles. The van der Waals surface area contributed by atoms with Gasteiger partial charge in [0.25, 0.3) is 0 Å². The smallest absolute Gasteiger partial charge is 0.319 e. The lowest BCUT2D eigenvalue weighted by molar-refractivity contribution is 0.233. The molecule has 6 nitrogen and oxygen atoms in total. The fraction of sp³-hybridized carbons (Fsp3) is 0.556. The molecule has 0 spiro atoms. The van der Waals surface area contributed by atoms with Gasteiger partial charge in [-0.3, -0.25) is 4.68 Å². The van der Waals surface area contributed by atoms with Crippen LogP contribution in [0.5, 0.6) is 5.88 Å². The number of hydrogen-bond acceptors (Lipinski definition) is 3. The number of rotatable bonds is 4. The topological polar surface area (TPSA) is 68.2 Å². The minimum absolute atomic E-state index is 0.0503.